The van der Waals surface area contributed by atoms with Gasteiger partial charge in [-0.05, 0) is 56.9 Å². The molecular formula is C37H45BF3N5O10. The average molecular weight is 788 g/mol. The van der Waals surface area contributed by atoms with Crippen molar-refractivity contribution in [3.8, 4) is 23.0 Å². The number of ether oxygens (including phenoxy) is 4. The van der Waals surface area contributed by atoms with E-state index in [1.54, 1.807) is 34.9 Å². The van der Waals surface area contributed by atoms with Crippen LogP contribution in [0.5, 0.6) is 23.0 Å². The van der Waals surface area contributed by atoms with Crippen molar-refractivity contribution in [2.75, 3.05) is 33.9 Å². The number of esters is 1. The van der Waals surface area contributed by atoms with Crippen LogP contribution in [0.25, 0.3) is 0 Å². The van der Waals surface area contributed by atoms with Crippen LogP contribution in [-0.4, -0.2) is 93.8 Å². The summed E-state index contributed by atoms with van der Waals surface area (Å²) in [6.45, 7) is 1.47. The van der Waals surface area contributed by atoms with Gasteiger partial charge in [0.2, 0.25) is 11.8 Å². The smallest absolute Gasteiger partial charge is 0.512 e. The summed E-state index contributed by atoms with van der Waals surface area (Å²) in [5.74, 6) is -0.714. The molecular weight excluding hydrogens is 742 g/mol. The van der Waals surface area contributed by atoms with E-state index in [9.17, 15) is 37.6 Å². The number of carbonyl (C=O) groups excluding carboxylic acids is 3. The highest BCUT2D eigenvalue weighted by Gasteiger charge is 2.51. The molecule has 2 aromatic carbocycles. The lowest BCUT2D eigenvalue weighted by molar-refractivity contribution is -0.169. The molecule has 0 unspecified atom stereocenters. The van der Waals surface area contributed by atoms with E-state index in [4.69, 9.17) is 23.6 Å². The monoisotopic (exact) mass is 787 g/mol. The largest absolute Gasteiger partial charge is 0.707 e. The molecule has 1 saturated carbocycles. The number of alkyl halides is 3. The fourth-order valence-corrected chi connectivity index (χ4v) is 8.14. The van der Waals surface area contributed by atoms with Crippen LogP contribution in [0.15, 0.2) is 30.3 Å². The van der Waals surface area contributed by atoms with Crippen LogP contribution in [0.4, 0.5) is 13.2 Å². The van der Waals surface area contributed by atoms with E-state index < -0.39 is 54.8 Å². The van der Waals surface area contributed by atoms with E-state index in [1.165, 1.54) is 26.4 Å². The molecule has 1 aromatic heterocycles. The number of aryl methyl sites for hydroxylation is 1. The zero-order valence-electron chi connectivity index (χ0n) is 31.6. The molecule has 56 heavy (non-hydrogen) atoms. The summed E-state index contributed by atoms with van der Waals surface area (Å²) in [6.07, 6.45) is -1.65. The predicted octanol–water partition coefficient (Wildman–Crippen LogP) is 3.77. The van der Waals surface area contributed by atoms with E-state index in [2.05, 4.69) is 10.3 Å². The number of methoxy groups -OCH3 is 2. The number of hydrogen-bond donors (Lipinski definition) is 2. The van der Waals surface area contributed by atoms with Gasteiger partial charge < -0.3 is 43.4 Å². The second-order valence-electron chi connectivity index (χ2n) is 14.4. The third-order valence-corrected chi connectivity index (χ3v) is 11.0. The topological polar surface area (TPSA) is 175 Å². The Labute approximate surface area is 321 Å². The van der Waals surface area contributed by atoms with Crippen molar-refractivity contribution < 1.29 is 61.2 Å². The molecule has 15 nitrogen and oxygen atoms in total. The molecule has 0 spiro atoms. The fraction of sp³-hybridized carbons (Fsp3) is 0.541. The summed E-state index contributed by atoms with van der Waals surface area (Å²) in [5.41, 5.74) is -1.45. The molecule has 302 valence electrons. The molecule has 2 amide bonds. The third kappa shape index (κ3) is 8.23. The van der Waals surface area contributed by atoms with Gasteiger partial charge in [0.25, 0.3) is 0 Å². The first kappa shape index (κ1) is 40.6. The molecule has 2 fully saturated rings. The normalized spacial score (nSPS) is 21.1. The Balaban J connectivity index is 1.35. The minimum absolute atomic E-state index is 0.00313. The van der Waals surface area contributed by atoms with E-state index in [1.807, 2.05) is 0 Å². The van der Waals surface area contributed by atoms with Crippen LogP contribution in [0.1, 0.15) is 79.6 Å². The SMILES string of the molecule is COc1ccc(COC(=O)[C@@]2(C)CCCC[C@H]2C(=O)N2CCc3c(OB(O)O)ccc(OCc4nnn(C)c4C(F)(F)F)c3[C@H]2CN2CCCC2=O)c(OC)c1. The molecule has 1 saturated heterocycles. The Morgan fingerprint density at radius 3 is 2.45 bits per heavy atom. The van der Waals surface area contributed by atoms with Crippen molar-refractivity contribution in [1.82, 2.24) is 24.8 Å². The second-order valence-corrected chi connectivity index (χ2v) is 14.4. The molecule has 19 heteroatoms. The number of carbonyl (C=O) groups is 3. The van der Waals surface area contributed by atoms with Gasteiger partial charge in [-0.3, -0.25) is 14.4 Å². The van der Waals surface area contributed by atoms with E-state index in [-0.39, 0.29) is 49.4 Å². The highest BCUT2D eigenvalue weighted by atomic mass is 19.4. The summed E-state index contributed by atoms with van der Waals surface area (Å²) in [6, 6.07) is 7.01. The first-order valence-electron chi connectivity index (χ1n) is 18.4. The standard InChI is InChI=1S/C37H45BF3N5O10/c1-36(35(49)55-20-22-10-11-23(52-3)18-30(22)53-4)15-6-5-8-25(36)34(48)46-17-14-24-28(56-38(50)51)12-13-29(32(24)27(46)19-45-16-7-9-31(45)47)54-21-26-33(37(39,40)41)44(2)43-42-26/h10-13,18,25,27,50-51H,5-9,14-17,19-21H2,1-4H3/t25-,27+,36-/m0/s1. The number of halogens is 3. The number of nitrogens with zero attached hydrogens (tertiary/aromatic N) is 5. The van der Waals surface area contributed by atoms with Gasteiger partial charge >= 0.3 is 19.5 Å². The molecule has 2 N–H and O–H groups in total. The molecule has 3 aromatic rings. The average Bonchev–Trinajstić information content (AvgIpc) is 3.76. The molecule has 6 rings (SSSR count). The fourth-order valence-electron chi connectivity index (χ4n) is 8.14. The van der Waals surface area contributed by atoms with Crippen molar-refractivity contribution in [2.45, 2.75) is 77.3 Å². The van der Waals surface area contributed by atoms with E-state index >= 15 is 0 Å². The Hall–Kier alpha value is -5.04. The quantitative estimate of drug-likeness (QED) is 0.190. The van der Waals surface area contributed by atoms with Crippen LogP contribution < -0.4 is 18.9 Å². The van der Waals surface area contributed by atoms with Crippen LogP contribution in [0, 0.1) is 11.3 Å². The zero-order valence-corrected chi connectivity index (χ0v) is 31.6. The van der Waals surface area contributed by atoms with Gasteiger partial charge in [-0.1, -0.05) is 18.1 Å². The lowest BCUT2D eigenvalue weighted by Gasteiger charge is -2.45. The van der Waals surface area contributed by atoms with Gasteiger partial charge in [0.05, 0.1) is 31.6 Å². The second kappa shape index (κ2) is 16.6. The van der Waals surface area contributed by atoms with Gasteiger partial charge in [-0.2, -0.15) is 13.2 Å². The van der Waals surface area contributed by atoms with Crippen LogP contribution in [0.2, 0.25) is 0 Å². The Bertz CT molecular complexity index is 1940. The number of fused-ring (bicyclic) bond motifs is 1. The van der Waals surface area contributed by atoms with Crippen LogP contribution in [-0.2, 0) is 52.0 Å². The molecule has 3 aliphatic rings. The zero-order chi connectivity index (χ0) is 40.4. The maximum Gasteiger partial charge on any atom is 0.707 e. The Morgan fingerprint density at radius 2 is 1.77 bits per heavy atom. The van der Waals surface area contributed by atoms with Gasteiger partial charge in [0.1, 0.15) is 41.9 Å². The lowest BCUT2D eigenvalue weighted by Crippen LogP contribution is -2.53. The van der Waals surface area contributed by atoms with E-state index in [0.717, 1.165) is 7.05 Å². The molecule has 0 radical (unpaired) electrons. The van der Waals surface area contributed by atoms with Gasteiger partial charge in [-0.25, -0.2) is 4.68 Å². The minimum Gasteiger partial charge on any atom is -0.512 e. The molecule has 3 heterocycles. The summed E-state index contributed by atoms with van der Waals surface area (Å²) in [7, 11) is 1.93. The van der Waals surface area contributed by atoms with Crippen molar-refractivity contribution in [2.24, 2.45) is 18.4 Å². The van der Waals surface area contributed by atoms with Crippen LogP contribution in [0.3, 0.4) is 0 Å². The first-order valence-corrected chi connectivity index (χ1v) is 18.4. The number of likely N-dealkylation sites (tertiary alicyclic amines) is 1. The van der Waals surface area contributed by atoms with Crippen molar-refractivity contribution in [3.05, 3.63) is 58.4 Å². The van der Waals surface area contributed by atoms with Crippen molar-refractivity contribution >= 4 is 25.1 Å². The summed E-state index contributed by atoms with van der Waals surface area (Å²) in [4.78, 5) is 45.3. The maximum absolute atomic E-state index is 15.0. The number of rotatable bonds is 13. The Morgan fingerprint density at radius 1 is 1.00 bits per heavy atom. The minimum atomic E-state index is -4.78. The number of hydrogen-bond acceptors (Lipinski definition) is 12. The first-order chi connectivity index (χ1) is 26.7. The molecule has 2 aliphatic heterocycles. The predicted molar refractivity (Wildman–Crippen MR) is 191 cm³/mol. The lowest BCUT2D eigenvalue weighted by atomic mass is 9.66. The number of amides is 2. The third-order valence-electron chi connectivity index (χ3n) is 11.0. The van der Waals surface area contributed by atoms with Gasteiger partial charge in [0, 0.05) is 55.9 Å². The van der Waals surface area contributed by atoms with Crippen molar-refractivity contribution in [1.29, 1.82) is 0 Å². The highest BCUT2D eigenvalue weighted by Crippen LogP contribution is 2.48. The Kier molecular flexibility index (Phi) is 12.0. The van der Waals surface area contributed by atoms with Gasteiger partial charge in [-0.15, -0.1) is 5.10 Å². The van der Waals surface area contributed by atoms with E-state index in [0.29, 0.717) is 77.9 Å². The van der Waals surface area contributed by atoms with Gasteiger partial charge in [0.15, 0.2) is 5.69 Å². The summed E-state index contributed by atoms with van der Waals surface area (Å²) >= 11 is 0. The summed E-state index contributed by atoms with van der Waals surface area (Å²) < 4.78 is 70.4. The summed E-state index contributed by atoms with van der Waals surface area (Å²) in [5, 5.41) is 26.7. The highest BCUT2D eigenvalue weighted by molar-refractivity contribution is 6.33. The number of benzene rings is 2. The molecule has 1 aliphatic carbocycles. The van der Waals surface area contributed by atoms with Crippen molar-refractivity contribution in [3.63, 3.8) is 0 Å². The molecule has 3 atom stereocenters. The van der Waals surface area contributed by atoms with Crippen LogP contribution >= 0.6 is 0 Å². The maximum atomic E-state index is 15.0. The number of aromatic nitrogens is 3. The molecule has 0 bridgehead atoms.